The number of rotatable bonds is 22. The topological polar surface area (TPSA) is 121 Å². The van der Waals surface area contributed by atoms with Crippen molar-refractivity contribution < 1.29 is 127 Å². The molecular formula is C24H47Na3O7. The third kappa shape index (κ3) is 26.4. The number of hydrogen-bond acceptors (Lipinski definition) is 5. The molecule has 188 valence electrons. The maximum Gasteiger partial charge on any atom is 1.00 e. The Bertz CT molecular complexity index is 522. The van der Waals surface area contributed by atoms with Gasteiger partial charge in [-0.1, -0.05) is 103 Å². The van der Waals surface area contributed by atoms with Crippen molar-refractivity contribution in [2.24, 2.45) is 0 Å². The van der Waals surface area contributed by atoms with Crippen LogP contribution in [-0.2, 0) is 19.1 Å². The second-order valence-electron chi connectivity index (χ2n) is 8.61. The first kappa shape index (κ1) is 42.5. The minimum Gasteiger partial charge on any atom is -1.00 e. The van der Waals surface area contributed by atoms with Crippen LogP contribution in [0, 0.1) is 0 Å². The van der Waals surface area contributed by atoms with E-state index in [9.17, 15) is 19.5 Å². The van der Waals surface area contributed by atoms with Crippen LogP contribution >= 0.6 is 0 Å². The zero-order valence-corrected chi connectivity index (χ0v) is 28.4. The monoisotopic (exact) mass is 516 g/mol. The molecule has 0 aliphatic heterocycles. The molecule has 3 N–H and O–H groups in total. The van der Waals surface area contributed by atoms with Crippen LogP contribution in [-0.4, -0.2) is 45.4 Å². The first-order chi connectivity index (χ1) is 14.8. The molecule has 0 aromatic carbocycles. The average molecular weight is 517 g/mol. The van der Waals surface area contributed by atoms with Crippen LogP contribution in [0.3, 0.4) is 0 Å². The minimum atomic E-state index is -2.63. The summed E-state index contributed by atoms with van der Waals surface area (Å²) in [7, 11) is 0. The molecule has 1 unspecified atom stereocenters. The van der Waals surface area contributed by atoms with Crippen LogP contribution in [0.1, 0.15) is 127 Å². The molecule has 0 saturated heterocycles. The second kappa shape index (κ2) is 28.9. The van der Waals surface area contributed by atoms with Crippen LogP contribution < -0.4 is 88.7 Å². The molecule has 0 rings (SSSR count). The number of hydrogen-bond donors (Lipinski definition) is 3. The summed E-state index contributed by atoms with van der Waals surface area (Å²) < 4.78 is 4.93. The smallest absolute Gasteiger partial charge is 1.00 e. The summed E-state index contributed by atoms with van der Waals surface area (Å²) in [6.07, 6.45) is 18.0. The maximum atomic E-state index is 11.7. The molecule has 0 heterocycles. The van der Waals surface area contributed by atoms with Crippen molar-refractivity contribution in [1.82, 2.24) is 0 Å². The van der Waals surface area contributed by atoms with Gasteiger partial charge >= 0.3 is 107 Å². The number of esters is 1. The zero-order chi connectivity index (χ0) is 23.4. The number of carboxylic acids is 2. The van der Waals surface area contributed by atoms with Crippen molar-refractivity contribution in [3.8, 4) is 0 Å². The molecule has 0 aliphatic rings. The number of ether oxygens (including phenoxy) is 1. The van der Waals surface area contributed by atoms with E-state index in [1.807, 2.05) is 0 Å². The van der Waals surface area contributed by atoms with E-state index >= 15 is 0 Å². The SMILES string of the molecule is CCCCCCCCCCCCCCCCCCOC(=O)CC(O)(CC(=O)O)C(=O)O.[H-].[H-].[H-].[Na+].[Na+].[Na+]. The normalized spacial score (nSPS) is 11.8. The molecule has 34 heavy (non-hydrogen) atoms. The molecule has 10 heteroatoms. The van der Waals surface area contributed by atoms with E-state index in [0.29, 0.717) is 6.42 Å². The molecule has 0 aromatic rings. The fourth-order valence-electron chi connectivity index (χ4n) is 3.59. The van der Waals surface area contributed by atoms with E-state index in [1.165, 1.54) is 77.0 Å². The molecule has 1 atom stereocenters. The molecule has 0 saturated carbocycles. The average Bonchev–Trinajstić information content (AvgIpc) is 2.69. The van der Waals surface area contributed by atoms with Gasteiger partial charge in [0.1, 0.15) is 0 Å². The van der Waals surface area contributed by atoms with E-state index in [1.54, 1.807) is 0 Å². The Morgan fingerprint density at radius 1 is 0.647 bits per heavy atom. The van der Waals surface area contributed by atoms with E-state index in [0.717, 1.165) is 19.3 Å². The van der Waals surface area contributed by atoms with Crippen LogP contribution in [0.4, 0.5) is 0 Å². The summed E-state index contributed by atoms with van der Waals surface area (Å²) in [6, 6.07) is 0. The largest absolute Gasteiger partial charge is 1.00 e. The van der Waals surface area contributed by atoms with Crippen molar-refractivity contribution in [3.63, 3.8) is 0 Å². The summed E-state index contributed by atoms with van der Waals surface area (Å²) in [5, 5.41) is 27.4. The molecule has 0 amide bonds. The fourth-order valence-corrected chi connectivity index (χ4v) is 3.59. The number of carbonyl (C=O) groups is 3. The van der Waals surface area contributed by atoms with Gasteiger partial charge in [0.15, 0.2) is 5.60 Å². The Hall–Kier alpha value is 1.37. The summed E-state index contributed by atoms with van der Waals surface area (Å²) in [6.45, 7) is 2.40. The van der Waals surface area contributed by atoms with Gasteiger partial charge < -0.3 is 24.3 Å². The molecule has 0 aliphatic carbocycles. The van der Waals surface area contributed by atoms with E-state index in [-0.39, 0.29) is 99.6 Å². The van der Waals surface area contributed by atoms with Gasteiger partial charge in [-0.05, 0) is 6.42 Å². The van der Waals surface area contributed by atoms with Crippen molar-refractivity contribution in [1.29, 1.82) is 0 Å². The van der Waals surface area contributed by atoms with Crippen LogP contribution in [0.2, 0.25) is 0 Å². The quantitative estimate of drug-likeness (QED) is 0.0789. The number of carboxylic acid groups (broad SMARTS) is 2. The van der Waals surface area contributed by atoms with Gasteiger partial charge in [0.2, 0.25) is 0 Å². The Balaban J connectivity index is -0.000000300. The first-order valence-corrected chi connectivity index (χ1v) is 12.1. The fraction of sp³-hybridized carbons (Fsp3) is 0.875. The van der Waals surface area contributed by atoms with Crippen LogP contribution in [0.5, 0.6) is 0 Å². The summed E-state index contributed by atoms with van der Waals surface area (Å²) in [5.41, 5.74) is -2.63. The number of aliphatic hydroxyl groups is 1. The number of unbranched alkanes of at least 4 members (excludes halogenated alkanes) is 15. The number of carbonyl (C=O) groups excluding carboxylic acids is 1. The minimum absolute atomic E-state index is 0. The van der Waals surface area contributed by atoms with Crippen molar-refractivity contribution in [3.05, 3.63) is 0 Å². The predicted octanol–water partition coefficient (Wildman–Crippen LogP) is -3.18. The molecule has 0 fully saturated rings. The van der Waals surface area contributed by atoms with Crippen LogP contribution in [0.25, 0.3) is 0 Å². The van der Waals surface area contributed by atoms with Gasteiger partial charge in [-0.25, -0.2) is 4.79 Å². The van der Waals surface area contributed by atoms with Gasteiger partial charge in [0.05, 0.1) is 19.4 Å². The third-order valence-electron chi connectivity index (χ3n) is 5.54. The summed E-state index contributed by atoms with van der Waals surface area (Å²) in [5.74, 6) is -4.13. The predicted molar refractivity (Wildman–Crippen MR) is 123 cm³/mol. The molecule has 0 bridgehead atoms. The molecule has 0 aromatic heterocycles. The third-order valence-corrected chi connectivity index (χ3v) is 5.54. The standard InChI is InChI=1S/C24H44O7.3Na.3H/c1-2-3-4-5-6-7-8-9-10-11-12-13-14-15-16-17-18-31-22(27)20-24(30,23(28)29)19-21(25)26;;;;;;/h30H,2-20H2,1H3,(H,25,26)(H,28,29);;;;;;/q;3*+1;3*-1. The molecular weight excluding hydrogens is 469 g/mol. The van der Waals surface area contributed by atoms with Gasteiger partial charge in [-0.15, -0.1) is 0 Å². The van der Waals surface area contributed by atoms with Gasteiger partial charge in [0, 0.05) is 0 Å². The van der Waals surface area contributed by atoms with Crippen molar-refractivity contribution >= 4 is 17.9 Å². The van der Waals surface area contributed by atoms with Gasteiger partial charge in [-0.3, -0.25) is 9.59 Å². The van der Waals surface area contributed by atoms with E-state index < -0.39 is 36.4 Å². The Labute approximate surface area is 277 Å². The Morgan fingerprint density at radius 3 is 1.32 bits per heavy atom. The summed E-state index contributed by atoms with van der Waals surface area (Å²) in [4.78, 5) is 33.3. The zero-order valence-electron chi connectivity index (χ0n) is 25.4. The van der Waals surface area contributed by atoms with Gasteiger partial charge in [0.25, 0.3) is 0 Å². The van der Waals surface area contributed by atoms with Crippen molar-refractivity contribution in [2.45, 2.75) is 128 Å². The Morgan fingerprint density at radius 2 is 1.00 bits per heavy atom. The van der Waals surface area contributed by atoms with E-state index in [4.69, 9.17) is 14.9 Å². The Kier molecular flexibility index (Phi) is 36.1. The second-order valence-corrected chi connectivity index (χ2v) is 8.61. The van der Waals surface area contributed by atoms with Crippen LogP contribution in [0.15, 0.2) is 0 Å². The molecule has 7 nitrogen and oxygen atoms in total. The van der Waals surface area contributed by atoms with Crippen molar-refractivity contribution in [2.75, 3.05) is 6.61 Å². The van der Waals surface area contributed by atoms with E-state index in [2.05, 4.69) is 6.92 Å². The number of aliphatic carboxylic acids is 2. The van der Waals surface area contributed by atoms with Gasteiger partial charge in [-0.2, -0.15) is 0 Å². The molecule has 0 radical (unpaired) electrons. The summed E-state index contributed by atoms with van der Waals surface area (Å²) >= 11 is 0. The maximum absolute atomic E-state index is 11.7. The molecule has 0 spiro atoms. The first-order valence-electron chi connectivity index (χ1n) is 12.1.